The Kier molecular flexibility index (Phi) is 3.51. The fourth-order valence-electron chi connectivity index (χ4n) is 1.05. The standard InChI is InChI=1S/C9H10ClFO2/c1-13-9-3-2-6(11)4-7(9)8(12)5-10/h2-4,8,12H,5H2,1H3/t8-/m0/s1. The highest BCUT2D eigenvalue weighted by Crippen LogP contribution is 2.26. The first-order valence-electron chi connectivity index (χ1n) is 3.76. The lowest BCUT2D eigenvalue weighted by Gasteiger charge is -2.11. The summed E-state index contributed by atoms with van der Waals surface area (Å²) in [4.78, 5) is 0. The minimum Gasteiger partial charge on any atom is -0.496 e. The van der Waals surface area contributed by atoms with E-state index >= 15 is 0 Å². The van der Waals surface area contributed by atoms with Gasteiger partial charge in [-0.2, -0.15) is 0 Å². The molecule has 0 fully saturated rings. The molecule has 0 aliphatic heterocycles. The summed E-state index contributed by atoms with van der Waals surface area (Å²) in [5.41, 5.74) is 0.373. The van der Waals surface area contributed by atoms with Gasteiger partial charge in [0.05, 0.1) is 19.1 Å². The number of alkyl halides is 1. The molecule has 0 radical (unpaired) electrons. The van der Waals surface area contributed by atoms with Crippen molar-refractivity contribution in [2.45, 2.75) is 6.10 Å². The van der Waals surface area contributed by atoms with Crippen molar-refractivity contribution in [2.24, 2.45) is 0 Å². The summed E-state index contributed by atoms with van der Waals surface area (Å²) in [6, 6.07) is 3.94. The van der Waals surface area contributed by atoms with Crippen LogP contribution in [0, 0.1) is 5.82 Å². The Morgan fingerprint density at radius 3 is 2.85 bits per heavy atom. The van der Waals surface area contributed by atoms with Crippen LogP contribution in [0.25, 0.3) is 0 Å². The molecule has 0 aromatic heterocycles. The van der Waals surface area contributed by atoms with Gasteiger partial charge in [-0.1, -0.05) is 0 Å². The lowest BCUT2D eigenvalue weighted by Crippen LogP contribution is -2.02. The van der Waals surface area contributed by atoms with Gasteiger partial charge in [-0.3, -0.25) is 0 Å². The van der Waals surface area contributed by atoms with E-state index in [0.29, 0.717) is 11.3 Å². The first-order chi connectivity index (χ1) is 6.19. The van der Waals surface area contributed by atoms with Crippen LogP contribution in [0.15, 0.2) is 18.2 Å². The van der Waals surface area contributed by atoms with Gasteiger partial charge in [0.2, 0.25) is 0 Å². The lowest BCUT2D eigenvalue weighted by molar-refractivity contribution is 0.197. The summed E-state index contributed by atoms with van der Waals surface area (Å²) >= 11 is 5.44. The highest BCUT2D eigenvalue weighted by Gasteiger charge is 2.12. The zero-order valence-electron chi connectivity index (χ0n) is 7.13. The van der Waals surface area contributed by atoms with Gasteiger partial charge in [0, 0.05) is 5.56 Å². The summed E-state index contributed by atoms with van der Waals surface area (Å²) in [5, 5.41) is 9.39. The van der Waals surface area contributed by atoms with Gasteiger partial charge in [0.1, 0.15) is 11.6 Å². The fourth-order valence-corrected chi connectivity index (χ4v) is 1.21. The molecule has 1 aromatic rings. The molecule has 1 rings (SSSR count). The second-order valence-electron chi connectivity index (χ2n) is 2.56. The highest BCUT2D eigenvalue weighted by molar-refractivity contribution is 6.18. The van der Waals surface area contributed by atoms with E-state index in [4.69, 9.17) is 16.3 Å². The normalized spacial score (nSPS) is 12.6. The molecule has 0 unspecified atom stereocenters. The number of hydrogen-bond acceptors (Lipinski definition) is 2. The fraction of sp³-hybridized carbons (Fsp3) is 0.333. The van der Waals surface area contributed by atoms with Crippen molar-refractivity contribution in [3.63, 3.8) is 0 Å². The summed E-state index contributed by atoms with van der Waals surface area (Å²) in [6.45, 7) is 0. The predicted molar refractivity (Wildman–Crippen MR) is 48.6 cm³/mol. The summed E-state index contributed by atoms with van der Waals surface area (Å²) in [5.74, 6) is 0.0364. The molecule has 0 aliphatic carbocycles. The Hall–Kier alpha value is -0.800. The second-order valence-corrected chi connectivity index (χ2v) is 2.86. The molecule has 0 aliphatic rings. The molecule has 0 amide bonds. The quantitative estimate of drug-likeness (QED) is 0.765. The molecule has 0 bridgehead atoms. The molecular formula is C9H10ClFO2. The third-order valence-corrected chi connectivity index (χ3v) is 1.99. The summed E-state index contributed by atoms with van der Waals surface area (Å²) in [7, 11) is 1.46. The molecule has 0 spiro atoms. The van der Waals surface area contributed by atoms with Crippen molar-refractivity contribution in [1.29, 1.82) is 0 Å². The maximum absolute atomic E-state index is 12.8. The zero-order valence-corrected chi connectivity index (χ0v) is 7.88. The zero-order chi connectivity index (χ0) is 9.84. The van der Waals surface area contributed by atoms with Crippen LogP contribution in [0.5, 0.6) is 5.75 Å². The number of methoxy groups -OCH3 is 1. The van der Waals surface area contributed by atoms with Crippen molar-refractivity contribution in [3.8, 4) is 5.75 Å². The number of hydrogen-bond donors (Lipinski definition) is 1. The maximum Gasteiger partial charge on any atom is 0.124 e. The van der Waals surface area contributed by atoms with E-state index in [0.717, 1.165) is 0 Å². The Morgan fingerprint density at radius 1 is 1.62 bits per heavy atom. The van der Waals surface area contributed by atoms with E-state index in [1.165, 1.54) is 25.3 Å². The van der Waals surface area contributed by atoms with E-state index in [1.807, 2.05) is 0 Å². The highest BCUT2D eigenvalue weighted by atomic mass is 35.5. The number of ether oxygens (including phenoxy) is 1. The van der Waals surface area contributed by atoms with E-state index in [9.17, 15) is 9.50 Å². The Bertz CT molecular complexity index is 291. The maximum atomic E-state index is 12.8. The third kappa shape index (κ3) is 2.32. The van der Waals surface area contributed by atoms with Crippen LogP contribution in [0.2, 0.25) is 0 Å². The average molecular weight is 205 g/mol. The van der Waals surface area contributed by atoms with Gasteiger partial charge >= 0.3 is 0 Å². The van der Waals surface area contributed by atoms with Crippen LogP contribution in [-0.2, 0) is 0 Å². The molecule has 0 saturated heterocycles. The molecule has 1 atom stereocenters. The van der Waals surface area contributed by atoms with Gasteiger partial charge in [-0.25, -0.2) is 4.39 Å². The number of benzene rings is 1. The third-order valence-electron chi connectivity index (χ3n) is 1.70. The van der Waals surface area contributed by atoms with Crippen molar-refractivity contribution in [3.05, 3.63) is 29.6 Å². The van der Waals surface area contributed by atoms with Crippen molar-refractivity contribution in [2.75, 3.05) is 13.0 Å². The van der Waals surface area contributed by atoms with Gasteiger partial charge in [0.25, 0.3) is 0 Å². The smallest absolute Gasteiger partial charge is 0.124 e. The first-order valence-corrected chi connectivity index (χ1v) is 4.30. The second kappa shape index (κ2) is 4.44. The van der Waals surface area contributed by atoms with E-state index in [-0.39, 0.29) is 5.88 Å². The van der Waals surface area contributed by atoms with Gasteiger partial charge in [-0.05, 0) is 18.2 Å². The monoisotopic (exact) mass is 204 g/mol. The molecular weight excluding hydrogens is 195 g/mol. The molecule has 13 heavy (non-hydrogen) atoms. The van der Waals surface area contributed by atoms with Crippen LogP contribution in [0.3, 0.4) is 0 Å². The summed E-state index contributed by atoms with van der Waals surface area (Å²) in [6.07, 6.45) is -0.896. The number of aliphatic hydroxyl groups is 1. The molecule has 0 heterocycles. The van der Waals surface area contributed by atoms with Crippen molar-refractivity contribution in [1.82, 2.24) is 0 Å². The van der Waals surface area contributed by atoms with E-state index < -0.39 is 11.9 Å². The number of rotatable bonds is 3. The Morgan fingerprint density at radius 2 is 2.31 bits per heavy atom. The van der Waals surface area contributed by atoms with Gasteiger partial charge in [0.15, 0.2) is 0 Å². The Balaban J connectivity index is 3.07. The Labute approximate surface area is 80.9 Å². The van der Waals surface area contributed by atoms with Gasteiger partial charge < -0.3 is 9.84 Å². The van der Waals surface area contributed by atoms with Crippen molar-refractivity contribution < 1.29 is 14.2 Å². The largest absolute Gasteiger partial charge is 0.496 e. The van der Waals surface area contributed by atoms with E-state index in [1.54, 1.807) is 0 Å². The molecule has 72 valence electrons. The minimum absolute atomic E-state index is 0.0137. The molecule has 0 saturated carbocycles. The van der Waals surface area contributed by atoms with Gasteiger partial charge in [-0.15, -0.1) is 11.6 Å². The van der Waals surface area contributed by atoms with E-state index in [2.05, 4.69) is 0 Å². The first kappa shape index (κ1) is 10.3. The number of aliphatic hydroxyl groups excluding tert-OH is 1. The van der Waals surface area contributed by atoms with Crippen LogP contribution in [-0.4, -0.2) is 18.1 Å². The molecule has 4 heteroatoms. The summed E-state index contributed by atoms with van der Waals surface area (Å²) < 4.78 is 17.7. The average Bonchev–Trinajstić information content (AvgIpc) is 2.16. The minimum atomic E-state index is -0.896. The van der Waals surface area contributed by atoms with Crippen LogP contribution in [0.1, 0.15) is 11.7 Å². The molecule has 1 aromatic carbocycles. The lowest BCUT2D eigenvalue weighted by atomic mass is 10.1. The van der Waals surface area contributed by atoms with Crippen LogP contribution < -0.4 is 4.74 Å². The van der Waals surface area contributed by atoms with Crippen LogP contribution in [0.4, 0.5) is 4.39 Å². The molecule has 2 nitrogen and oxygen atoms in total. The van der Waals surface area contributed by atoms with Crippen LogP contribution >= 0.6 is 11.6 Å². The predicted octanol–water partition coefficient (Wildman–Crippen LogP) is 2.11. The molecule has 1 N–H and O–H groups in total. The SMILES string of the molecule is COc1ccc(F)cc1[C@@H](O)CCl. The topological polar surface area (TPSA) is 29.5 Å². The van der Waals surface area contributed by atoms with Crippen molar-refractivity contribution >= 4 is 11.6 Å². The number of halogens is 2.